The largest absolute Gasteiger partial charge is 0.395 e. The van der Waals surface area contributed by atoms with Gasteiger partial charge in [-0.15, -0.1) is 0 Å². The molecular weight excluding hydrogens is 158 g/mol. The summed E-state index contributed by atoms with van der Waals surface area (Å²) >= 11 is 0. The van der Waals surface area contributed by atoms with Crippen molar-refractivity contribution in [3.63, 3.8) is 0 Å². The van der Waals surface area contributed by atoms with Crippen LogP contribution in [0.5, 0.6) is 0 Å². The number of hydrogen-bond acceptors (Lipinski definition) is 5. The SMILES string of the molecule is CCN(C)N(CCO)NCCO. The summed E-state index contributed by atoms with van der Waals surface area (Å²) in [6.07, 6.45) is 0. The summed E-state index contributed by atoms with van der Waals surface area (Å²) in [6, 6.07) is 0. The number of nitrogens with one attached hydrogen (secondary N) is 1. The second-order valence-electron chi connectivity index (χ2n) is 2.45. The third-order valence-corrected chi connectivity index (χ3v) is 1.59. The van der Waals surface area contributed by atoms with Crippen LogP contribution in [0.4, 0.5) is 0 Å². The van der Waals surface area contributed by atoms with E-state index in [2.05, 4.69) is 5.43 Å². The van der Waals surface area contributed by atoms with E-state index in [1.807, 2.05) is 19.0 Å². The fourth-order valence-corrected chi connectivity index (χ4v) is 0.815. The highest BCUT2D eigenvalue weighted by atomic mass is 16.3. The molecule has 0 amide bonds. The molecule has 0 saturated heterocycles. The van der Waals surface area contributed by atoms with Crippen molar-refractivity contribution in [3.8, 4) is 0 Å². The highest BCUT2D eigenvalue weighted by Crippen LogP contribution is 1.87. The van der Waals surface area contributed by atoms with Crippen molar-refractivity contribution in [2.24, 2.45) is 0 Å². The van der Waals surface area contributed by atoms with Gasteiger partial charge < -0.3 is 10.2 Å². The zero-order chi connectivity index (χ0) is 9.40. The molecule has 0 aromatic rings. The van der Waals surface area contributed by atoms with Crippen molar-refractivity contribution in [2.75, 3.05) is 39.9 Å². The molecule has 0 aliphatic carbocycles. The molecule has 0 saturated carbocycles. The molecule has 0 aromatic carbocycles. The lowest BCUT2D eigenvalue weighted by Gasteiger charge is -2.30. The first-order chi connectivity index (χ1) is 5.76. The number of nitrogens with zero attached hydrogens (tertiary/aromatic N) is 2. The maximum Gasteiger partial charge on any atom is 0.0587 e. The van der Waals surface area contributed by atoms with E-state index >= 15 is 0 Å². The Bertz CT molecular complexity index is 103. The van der Waals surface area contributed by atoms with Crippen molar-refractivity contribution in [2.45, 2.75) is 6.92 Å². The van der Waals surface area contributed by atoms with E-state index in [-0.39, 0.29) is 13.2 Å². The van der Waals surface area contributed by atoms with E-state index in [4.69, 9.17) is 10.2 Å². The molecule has 0 aliphatic rings. The van der Waals surface area contributed by atoms with Gasteiger partial charge in [0, 0.05) is 20.1 Å². The summed E-state index contributed by atoms with van der Waals surface area (Å²) in [5, 5.41) is 21.0. The third kappa shape index (κ3) is 4.63. The number of aliphatic hydroxyl groups is 2. The molecule has 74 valence electrons. The van der Waals surface area contributed by atoms with Gasteiger partial charge in [-0.1, -0.05) is 6.92 Å². The van der Waals surface area contributed by atoms with Crippen LogP contribution in [0.15, 0.2) is 0 Å². The van der Waals surface area contributed by atoms with Crippen LogP contribution >= 0.6 is 0 Å². The monoisotopic (exact) mass is 177 g/mol. The molecule has 0 unspecified atom stereocenters. The van der Waals surface area contributed by atoms with Crippen LogP contribution in [0.1, 0.15) is 6.92 Å². The molecule has 0 heterocycles. The van der Waals surface area contributed by atoms with Gasteiger partial charge in [-0.2, -0.15) is 5.12 Å². The average Bonchev–Trinajstić information content (AvgIpc) is 2.11. The van der Waals surface area contributed by atoms with Gasteiger partial charge in [0.1, 0.15) is 0 Å². The molecule has 0 bridgehead atoms. The van der Waals surface area contributed by atoms with Gasteiger partial charge in [-0.3, -0.25) is 0 Å². The van der Waals surface area contributed by atoms with Crippen LogP contribution in [0.25, 0.3) is 0 Å². The number of aliphatic hydroxyl groups excluding tert-OH is 2. The Balaban J connectivity index is 3.68. The molecule has 5 heteroatoms. The average molecular weight is 177 g/mol. The lowest BCUT2D eigenvalue weighted by atomic mass is 10.6. The Morgan fingerprint density at radius 2 is 1.92 bits per heavy atom. The Labute approximate surface area is 73.5 Å². The fraction of sp³-hybridized carbons (Fsp3) is 1.00. The maximum atomic E-state index is 8.71. The van der Waals surface area contributed by atoms with Crippen molar-refractivity contribution < 1.29 is 10.2 Å². The normalized spacial score (nSPS) is 11.5. The highest BCUT2D eigenvalue weighted by Gasteiger charge is 2.06. The number of rotatable bonds is 7. The van der Waals surface area contributed by atoms with E-state index in [0.29, 0.717) is 13.1 Å². The van der Waals surface area contributed by atoms with Crippen LogP contribution in [0.3, 0.4) is 0 Å². The molecule has 0 atom stereocenters. The Morgan fingerprint density at radius 1 is 1.25 bits per heavy atom. The first-order valence-corrected chi connectivity index (χ1v) is 4.20. The molecule has 3 N–H and O–H groups in total. The molecule has 0 aliphatic heterocycles. The molecule has 12 heavy (non-hydrogen) atoms. The smallest absolute Gasteiger partial charge is 0.0587 e. The second-order valence-corrected chi connectivity index (χ2v) is 2.45. The Hall–Kier alpha value is -0.200. The summed E-state index contributed by atoms with van der Waals surface area (Å²) in [5.41, 5.74) is 2.97. The molecule has 0 radical (unpaired) electrons. The van der Waals surface area contributed by atoms with Crippen molar-refractivity contribution in [1.29, 1.82) is 0 Å². The Kier molecular flexibility index (Phi) is 7.33. The third-order valence-electron chi connectivity index (χ3n) is 1.59. The van der Waals surface area contributed by atoms with Gasteiger partial charge in [0.15, 0.2) is 0 Å². The molecular formula is C7H19N3O2. The molecule has 5 nitrogen and oxygen atoms in total. The lowest BCUT2D eigenvalue weighted by Crippen LogP contribution is -2.51. The van der Waals surface area contributed by atoms with Gasteiger partial charge in [-0.25, -0.2) is 10.4 Å². The van der Waals surface area contributed by atoms with E-state index in [9.17, 15) is 0 Å². The highest BCUT2D eigenvalue weighted by molar-refractivity contribution is 4.46. The van der Waals surface area contributed by atoms with Crippen molar-refractivity contribution in [3.05, 3.63) is 0 Å². The summed E-state index contributed by atoms with van der Waals surface area (Å²) in [7, 11) is 1.92. The number of hydrogen-bond donors (Lipinski definition) is 3. The van der Waals surface area contributed by atoms with E-state index in [1.54, 1.807) is 5.12 Å². The first-order valence-electron chi connectivity index (χ1n) is 4.20. The molecule has 0 rings (SSSR count). The van der Waals surface area contributed by atoms with Crippen LogP contribution in [0, 0.1) is 0 Å². The topological polar surface area (TPSA) is 59.0 Å². The standard InChI is InChI=1S/C7H19N3O2/c1-3-9(2)10(5-7-12)8-4-6-11/h8,11-12H,3-7H2,1-2H3. The Morgan fingerprint density at radius 3 is 2.33 bits per heavy atom. The lowest BCUT2D eigenvalue weighted by molar-refractivity contribution is -0.0579. The van der Waals surface area contributed by atoms with Gasteiger partial charge >= 0.3 is 0 Å². The van der Waals surface area contributed by atoms with Crippen LogP contribution < -0.4 is 5.43 Å². The number of hydrazine groups is 2. The molecule has 0 aromatic heterocycles. The zero-order valence-electron chi connectivity index (χ0n) is 7.82. The van der Waals surface area contributed by atoms with Crippen LogP contribution in [0.2, 0.25) is 0 Å². The van der Waals surface area contributed by atoms with Gasteiger partial charge in [0.05, 0.1) is 19.8 Å². The van der Waals surface area contributed by atoms with E-state index in [0.717, 1.165) is 6.54 Å². The molecule has 0 spiro atoms. The van der Waals surface area contributed by atoms with Gasteiger partial charge in [0.2, 0.25) is 0 Å². The minimum Gasteiger partial charge on any atom is -0.395 e. The summed E-state index contributed by atoms with van der Waals surface area (Å²) in [4.78, 5) is 0. The first kappa shape index (κ1) is 11.8. The van der Waals surface area contributed by atoms with Crippen LogP contribution in [-0.4, -0.2) is 60.2 Å². The second kappa shape index (κ2) is 7.45. The predicted molar refractivity (Wildman–Crippen MR) is 47.2 cm³/mol. The van der Waals surface area contributed by atoms with E-state index in [1.165, 1.54) is 0 Å². The summed E-state index contributed by atoms with van der Waals surface area (Å²) < 4.78 is 0. The van der Waals surface area contributed by atoms with E-state index < -0.39 is 0 Å². The molecule has 0 fully saturated rings. The van der Waals surface area contributed by atoms with Crippen LogP contribution in [-0.2, 0) is 0 Å². The minimum atomic E-state index is 0.0967. The van der Waals surface area contributed by atoms with Gasteiger partial charge in [0.25, 0.3) is 0 Å². The summed E-state index contributed by atoms with van der Waals surface area (Å²) in [6.45, 7) is 4.11. The quantitative estimate of drug-likeness (QED) is 0.420. The van der Waals surface area contributed by atoms with Crippen molar-refractivity contribution >= 4 is 0 Å². The predicted octanol–water partition coefficient (Wildman–Crippen LogP) is -1.36. The van der Waals surface area contributed by atoms with Gasteiger partial charge in [-0.05, 0) is 0 Å². The minimum absolute atomic E-state index is 0.0967. The maximum absolute atomic E-state index is 8.71. The summed E-state index contributed by atoms with van der Waals surface area (Å²) in [5.74, 6) is 0. The zero-order valence-corrected chi connectivity index (χ0v) is 7.82. The van der Waals surface area contributed by atoms with Crippen molar-refractivity contribution in [1.82, 2.24) is 15.6 Å². The fourth-order valence-electron chi connectivity index (χ4n) is 0.815.